The van der Waals surface area contributed by atoms with Gasteiger partial charge in [-0.05, 0) is 86.8 Å². The first-order valence-corrected chi connectivity index (χ1v) is 18.6. The van der Waals surface area contributed by atoms with Gasteiger partial charge < -0.3 is 9.47 Å². The molecule has 0 spiro atoms. The molecule has 0 atom stereocenters. The molecule has 0 fully saturated rings. The van der Waals surface area contributed by atoms with Crippen molar-refractivity contribution in [1.29, 1.82) is 0 Å². The van der Waals surface area contributed by atoms with Crippen LogP contribution in [-0.4, -0.2) is 4.57 Å². The first-order valence-electron chi connectivity index (χ1n) is 18.6. The minimum Gasteiger partial charge on any atom is -0.309 e. The van der Waals surface area contributed by atoms with Gasteiger partial charge >= 0.3 is 0 Å². The zero-order chi connectivity index (χ0) is 35.6. The zero-order valence-corrected chi connectivity index (χ0v) is 29.5. The number of para-hydroxylation sites is 4. The molecule has 2 nitrogen and oxygen atoms in total. The van der Waals surface area contributed by atoms with Crippen LogP contribution in [0.1, 0.15) is 0 Å². The van der Waals surface area contributed by atoms with Crippen LogP contribution in [0.5, 0.6) is 0 Å². The second kappa shape index (κ2) is 12.2. The Kier molecular flexibility index (Phi) is 6.90. The van der Waals surface area contributed by atoms with Crippen LogP contribution in [0.3, 0.4) is 0 Å². The molecule has 0 unspecified atom stereocenters. The van der Waals surface area contributed by atoms with E-state index in [0.717, 1.165) is 17.1 Å². The summed E-state index contributed by atoms with van der Waals surface area (Å²) in [6.45, 7) is 0. The third-order valence-corrected chi connectivity index (χ3v) is 11.1. The van der Waals surface area contributed by atoms with E-state index in [1.54, 1.807) is 0 Å². The highest BCUT2D eigenvalue weighted by molar-refractivity contribution is 6.27. The predicted molar refractivity (Wildman–Crippen MR) is 230 cm³/mol. The number of aromatic nitrogens is 1. The average Bonchev–Trinajstić information content (AvgIpc) is 3.58. The molecule has 1 heterocycles. The summed E-state index contributed by atoms with van der Waals surface area (Å²) in [7, 11) is 0. The summed E-state index contributed by atoms with van der Waals surface area (Å²) >= 11 is 0. The molecule has 0 N–H and O–H groups in total. The van der Waals surface area contributed by atoms with Gasteiger partial charge in [-0.15, -0.1) is 0 Å². The summed E-state index contributed by atoms with van der Waals surface area (Å²) < 4.78 is 2.45. The van der Waals surface area contributed by atoms with Crippen LogP contribution < -0.4 is 4.90 Å². The molecule has 252 valence electrons. The van der Waals surface area contributed by atoms with E-state index in [-0.39, 0.29) is 0 Å². The lowest BCUT2D eigenvalue weighted by Crippen LogP contribution is -2.11. The van der Waals surface area contributed by atoms with Crippen LogP contribution in [-0.2, 0) is 0 Å². The maximum absolute atomic E-state index is 2.45. The summed E-state index contributed by atoms with van der Waals surface area (Å²) in [6, 6.07) is 75.2. The van der Waals surface area contributed by atoms with Crippen molar-refractivity contribution < 1.29 is 0 Å². The largest absolute Gasteiger partial charge is 0.309 e. The van der Waals surface area contributed by atoms with Crippen molar-refractivity contribution in [2.45, 2.75) is 0 Å². The molecule has 11 aromatic rings. The maximum atomic E-state index is 2.45. The van der Waals surface area contributed by atoms with E-state index < -0.39 is 0 Å². The fraction of sp³-hybridized carbons (Fsp3) is 0. The van der Waals surface area contributed by atoms with E-state index in [1.165, 1.54) is 82.1 Å². The van der Waals surface area contributed by atoms with E-state index in [0.29, 0.717) is 0 Å². The maximum Gasteiger partial charge on any atom is 0.0541 e. The summed E-state index contributed by atoms with van der Waals surface area (Å²) in [5.74, 6) is 0. The Balaban J connectivity index is 1.16. The first-order chi connectivity index (χ1) is 26.8. The van der Waals surface area contributed by atoms with E-state index in [4.69, 9.17) is 0 Å². The van der Waals surface area contributed by atoms with Crippen molar-refractivity contribution in [2.24, 2.45) is 0 Å². The highest BCUT2D eigenvalue weighted by Crippen LogP contribution is 2.47. The Morgan fingerprint density at radius 1 is 0.333 bits per heavy atom. The van der Waals surface area contributed by atoms with E-state index in [9.17, 15) is 0 Å². The topological polar surface area (TPSA) is 8.17 Å². The molecule has 0 aliphatic carbocycles. The van der Waals surface area contributed by atoms with Gasteiger partial charge in [0.1, 0.15) is 0 Å². The van der Waals surface area contributed by atoms with Gasteiger partial charge in [0.05, 0.1) is 28.1 Å². The Bertz CT molecular complexity index is 3100. The van der Waals surface area contributed by atoms with Crippen molar-refractivity contribution in [3.63, 3.8) is 0 Å². The van der Waals surface area contributed by atoms with Gasteiger partial charge in [0.15, 0.2) is 0 Å². The van der Waals surface area contributed by atoms with Crippen LogP contribution in [0.15, 0.2) is 206 Å². The van der Waals surface area contributed by atoms with Gasteiger partial charge in [0.2, 0.25) is 0 Å². The number of anilines is 3. The Morgan fingerprint density at radius 3 is 1.65 bits per heavy atom. The third-order valence-electron chi connectivity index (χ3n) is 11.1. The standard InChI is InChI=1S/C52H34N2/c1-3-14-35(15-4-1)38-16-13-17-39(34-38)41-20-7-10-23-46(41)53(40-18-5-2-6-19-40)49-32-28-36-27-31-45-50(33-29-37-26-30-44(49)51(36)52(37)45)54-47-24-11-8-21-42(47)43-22-9-12-25-48(43)54/h1-34H. The molecule has 2 heteroatoms. The normalized spacial score (nSPS) is 11.7. The first kappa shape index (κ1) is 30.5. The van der Waals surface area contributed by atoms with E-state index >= 15 is 0 Å². The fourth-order valence-corrected chi connectivity index (χ4v) is 8.74. The van der Waals surface area contributed by atoms with Gasteiger partial charge in [-0.2, -0.15) is 0 Å². The minimum absolute atomic E-state index is 1.12. The monoisotopic (exact) mass is 686 g/mol. The molecule has 0 aliphatic heterocycles. The van der Waals surface area contributed by atoms with Crippen molar-refractivity contribution in [1.82, 2.24) is 4.57 Å². The van der Waals surface area contributed by atoms with Gasteiger partial charge in [0.25, 0.3) is 0 Å². The molecule has 1 aromatic heterocycles. The Labute approximate surface area is 313 Å². The Hall–Kier alpha value is -7.16. The van der Waals surface area contributed by atoms with E-state index in [1.807, 2.05) is 0 Å². The number of nitrogens with zero attached hydrogens (tertiary/aromatic N) is 2. The Morgan fingerprint density at radius 2 is 0.889 bits per heavy atom. The number of fused-ring (bicyclic) bond motifs is 3. The minimum atomic E-state index is 1.12. The quantitative estimate of drug-likeness (QED) is 0.158. The molecular formula is C52H34N2. The van der Waals surface area contributed by atoms with Crippen LogP contribution in [0.25, 0.3) is 82.1 Å². The van der Waals surface area contributed by atoms with Crippen molar-refractivity contribution >= 4 is 71.2 Å². The lowest BCUT2D eigenvalue weighted by Gasteiger charge is -2.29. The van der Waals surface area contributed by atoms with Gasteiger partial charge in [-0.25, -0.2) is 0 Å². The van der Waals surface area contributed by atoms with Crippen molar-refractivity contribution in [2.75, 3.05) is 4.90 Å². The number of rotatable bonds is 6. The molecule has 0 aliphatic rings. The second-order valence-corrected chi connectivity index (χ2v) is 14.1. The van der Waals surface area contributed by atoms with Gasteiger partial charge in [0, 0.05) is 32.8 Å². The SMILES string of the molecule is c1ccc(-c2cccc(-c3ccccc3N(c3ccccc3)c3ccc4ccc5c(-n6c7ccccc7c7ccccc76)ccc6ccc3c4c65)c2)cc1. The molecule has 0 amide bonds. The smallest absolute Gasteiger partial charge is 0.0541 e. The predicted octanol–water partition coefficient (Wildman–Crippen LogP) is 14.5. The van der Waals surface area contributed by atoms with E-state index in [2.05, 4.69) is 216 Å². The van der Waals surface area contributed by atoms with Gasteiger partial charge in [-0.1, -0.05) is 158 Å². The summed E-state index contributed by atoms with van der Waals surface area (Å²) in [5.41, 5.74) is 11.8. The molecule has 0 saturated heterocycles. The number of benzene rings is 10. The molecule has 0 bridgehead atoms. The second-order valence-electron chi connectivity index (χ2n) is 14.1. The molecule has 10 aromatic carbocycles. The molecule has 11 rings (SSSR count). The molecular weight excluding hydrogens is 653 g/mol. The van der Waals surface area contributed by atoms with Crippen LogP contribution >= 0.6 is 0 Å². The summed E-state index contributed by atoms with van der Waals surface area (Å²) in [5, 5.41) is 10.1. The number of hydrogen-bond acceptors (Lipinski definition) is 1. The van der Waals surface area contributed by atoms with Crippen LogP contribution in [0, 0.1) is 0 Å². The van der Waals surface area contributed by atoms with Crippen molar-refractivity contribution in [3.8, 4) is 27.9 Å². The molecule has 0 saturated carbocycles. The molecule has 0 radical (unpaired) electrons. The van der Waals surface area contributed by atoms with Crippen LogP contribution in [0.4, 0.5) is 17.1 Å². The zero-order valence-electron chi connectivity index (χ0n) is 29.5. The fourth-order valence-electron chi connectivity index (χ4n) is 8.74. The summed E-state index contributed by atoms with van der Waals surface area (Å²) in [6.07, 6.45) is 0. The highest BCUT2D eigenvalue weighted by Gasteiger charge is 2.22. The van der Waals surface area contributed by atoms with Crippen molar-refractivity contribution in [3.05, 3.63) is 206 Å². The highest BCUT2D eigenvalue weighted by atomic mass is 15.1. The lowest BCUT2D eigenvalue weighted by atomic mass is 9.91. The molecule has 54 heavy (non-hydrogen) atoms. The lowest BCUT2D eigenvalue weighted by molar-refractivity contribution is 1.20. The average molecular weight is 687 g/mol. The van der Waals surface area contributed by atoms with Gasteiger partial charge in [-0.3, -0.25) is 0 Å². The number of hydrogen-bond donors (Lipinski definition) is 0. The van der Waals surface area contributed by atoms with Crippen LogP contribution in [0.2, 0.25) is 0 Å². The third kappa shape index (κ3) is 4.67. The summed E-state index contributed by atoms with van der Waals surface area (Å²) in [4.78, 5) is 2.45.